The number of carbonyl (C=O) groups excluding carboxylic acids is 2. The summed E-state index contributed by atoms with van der Waals surface area (Å²) in [6.07, 6.45) is 4.88. The first-order chi connectivity index (χ1) is 12.5. The molecule has 26 heavy (non-hydrogen) atoms. The zero-order valence-electron chi connectivity index (χ0n) is 14.4. The molecule has 0 spiro atoms. The lowest BCUT2D eigenvalue weighted by Crippen LogP contribution is -2.10. The van der Waals surface area contributed by atoms with Gasteiger partial charge in [-0.3, -0.25) is 19.7 Å². The van der Waals surface area contributed by atoms with Gasteiger partial charge in [0.05, 0.1) is 4.92 Å². The van der Waals surface area contributed by atoms with E-state index < -0.39 is 4.92 Å². The van der Waals surface area contributed by atoms with E-state index in [1.54, 1.807) is 12.1 Å². The third-order valence-corrected chi connectivity index (χ3v) is 4.74. The van der Waals surface area contributed by atoms with Crippen LogP contribution < -0.4 is 5.73 Å². The predicted octanol–water partition coefficient (Wildman–Crippen LogP) is 3.90. The van der Waals surface area contributed by atoms with Crippen molar-refractivity contribution in [3.05, 3.63) is 68.8 Å². The van der Waals surface area contributed by atoms with E-state index in [2.05, 4.69) is 0 Å². The van der Waals surface area contributed by atoms with Crippen LogP contribution in [0.5, 0.6) is 0 Å². The monoisotopic (exact) mass is 352 g/mol. The first-order valence-electron chi connectivity index (χ1n) is 8.68. The minimum atomic E-state index is -0.470. The van der Waals surface area contributed by atoms with Crippen LogP contribution in [0, 0.1) is 10.1 Å². The number of non-ortho nitro benzene ring substituents is 1. The molecule has 0 fully saturated rings. The molecule has 0 aromatic heterocycles. The fraction of sp³-hybridized carbons (Fsp3) is 0.300. The van der Waals surface area contributed by atoms with Gasteiger partial charge in [0, 0.05) is 41.8 Å². The molecule has 0 saturated carbocycles. The maximum absolute atomic E-state index is 11.4. The standard InChI is InChI=1S/C10H9NO3.C10H11NO/c12-10-3-1-2-7-4-5-8(11(13)14)6-9(7)10;11-8-5-4-7-2-1-3-10(12)9(7)6-8/h4-6H,1-3H2;4-6H,1-3,11H2. The Hall–Kier alpha value is -3.02. The zero-order valence-corrected chi connectivity index (χ0v) is 14.4. The van der Waals surface area contributed by atoms with Crippen LogP contribution in [0.1, 0.15) is 57.5 Å². The summed E-state index contributed by atoms with van der Waals surface area (Å²) < 4.78 is 0. The first-order valence-corrected chi connectivity index (χ1v) is 8.68. The molecule has 0 heterocycles. The van der Waals surface area contributed by atoms with E-state index in [9.17, 15) is 19.7 Å². The average molecular weight is 352 g/mol. The van der Waals surface area contributed by atoms with E-state index in [1.165, 1.54) is 12.1 Å². The summed E-state index contributed by atoms with van der Waals surface area (Å²) in [5, 5.41) is 10.5. The second-order valence-corrected chi connectivity index (χ2v) is 6.57. The van der Waals surface area contributed by atoms with Crippen molar-refractivity contribution in [1.29, 1.82) is 0 Å². The molecule has 0 radical (unpaired) electrons. The van der Waals surface area contributed by atoms with Crippen molar-refractivity contribution in [3.8, 4) is 0 Å². The lowest BCUT2D eigenvalue weighted by atomic mass is 9.90. The lowest BCUT2D eigenvalue weighted by molar-refractivity contribution is -0.384. The molecule has 2 N–H and O–H groups in total. The highest BCUT2D eigenvalue weighted by molar-refractivity contribution is 5.99. The van der Waals surface area contributed by atoms with Crippen LogP contribution in [0.15, 0.2) is 36.4 Å². The predicted molar refractivity (Wildman–Crippen MR) is 98.5 cm³/mol. The number of hydrogen-bond acceptors (Lipinski definition) is 5. The lowest BCUT2D eigenvalue weighted by Gasteiger charge is -2.14. The van der Waals surface area contributed by atoms with Crippen molar-refractivity contribution in [2.24, 2.45) is 0 Å². The molecule has 6 heteroatoms. The van der Waals surface area contributed by atoms with Crippen LogP contribution in [-0.4, -0.2) is 16.5 Å². The molecule has 0 amide bonds. The van der Waals surface area contributed by atoms with Crippen molar-refractivity contribution < 1.29 is 14.5 Å². The number of anilines is 1. The fourth-order valence-corrected chi connectivity index (χ4v) is 3.38. The summed E-state index contributed by atoms with van der Waals surface area (Å²) in [6, 6.07) is 10.1. The number of nitrogens with zero attached hydrogens (tertiary/aromatic N) is 1. The Morgan fingerprint density at radius 3 is 1.92 bits per heavy atom. The van der Waals surface area contributed by atoms with E-state index in [4.69, 9.17) is 5.73 Å². The van der Waals surface area contributed by atoms with Crippen molar-refractivity contribution >= 4 is 22.9 Å². The summed E-state index contributed by atoms with van der Waals surface area (Å²) >= 11 is 0. The maximum atomic E-state index is 11.4. The number of aryl methyl sites for hydroxylation is 2. The minimum absolute atomic E-state index is 0.000926. The molecule has 2 aliphatic rings. The third-order valence-electron chi connectivity index (χ3n) is 4.74. The molecule has 4 rings (SSSR count). The molecule has 2 aromatic carbocycles. The molecule has 134 valence electrons. The molecule has 0 saturated heterocycles. The molecular formula is C20H20N2O4. The molecular weight excluding hydrogens is 332 g/mol. The van der Waals surface area contributed by atoms with Gasteiger partial charge in [0.2, 0.25) is 0 Å². The van der Waals surface area contributed by atoms with Gasteiger partial charge in [0.25, 0.3) is 5.69 Å². The highest BCUT2D eigenvalue weighted by atomic mass is 16.6. The zero-order chi connectivity index (χ0) is 18.7. The fourth-order valence-electron chi connectivity index (χ4n) is 3.38. The van der Waals surface area contributed by atoms with Crippen LogP contribution in [0.2, 0.25) is 0 Å². The summed E-state index contributed by atoms with van der Waals surface area (Å²) in [7, 11) is 0. The second kappa shape index (κ2) is 7.47. The second-order valence-electron chi connectivity index (χ2n) is 6.57. The number of hydrogen-bond donors (Lipinski definition) is 1. The van der Waals surface area contributed by atoms with Crippen LogP contribution >= 0.6 is 0 Å². The molecule has 6 nitrogen and oxygen atoms in total. The number of nitro benzene ring substituents is 1. The Morgan fingerprint density at radius 2 is 1.35 bits per heavy atom. The third kappa shape index (κ3) is 3.79. The Labute approximate surface area is 151 Å². The van der Waals surface area contributed by atoms with Gasteiger partial charge in [0.1, 0.15) is 0 Å². The number of rotatable bonds is 1. The number of nitrogen functional groups attached to an aromatic ring is 1. The number of nitrogens with two attached hydrogens (primary N) is 1. The van der Waals surface area contributed by atoms with E-state index >= 15 is 0 Å². The van der Waals surface area contributed by atoms with Gasteiger partial charge in [-0.15, -0.1) is 0 Å². The van der Waals surface area contributed by atoms with Gasteiger partial charge >= 0.3 is 0 Å². The van der Waals surface area contributed by atoms with Crippen LogP contribution in [0.25, 0.3) is 0 Å². The van der Waals surface area contributed by atoms with Crippen LogP contribution in [-0.2, 0) is 12.8 Å². The van der Waals surface area contributed by atoms with Crippen LogP contribution in [0.3, 0.4) is 0 Å². The number of Topliss-reactive ketones (excluding diaryl/α,β-unsaturated/α-hetero) is 2. The number of ketones is 2. The van der Waals surface area contributed by atoms with E-state index in [1.807, 2.05) is 12.1 Å². The van der Waals surface area contributed by atoms with Gasteiger partial charge in [0.15, 0.2) is 11.6 Å². The Bertz CT molecular complexity index is 889. The topological polar surface area (TPSA) is 103 Å². The van der Waals surface area contributed by atoms with Gasteiger partial charge in [-0.25, -0.2) is 0 Å². The molecule has 0 bridgehead atoms. The normalized spacial score (nSPS) is 15.4. The van der Waals surface area contributed by atoms with E-state index in [0.717, 1.165) is 42.4 Å². The molecule has 2 aromatic rings. The van der Waals surface area contributed by atoms with Gasteiger partial charge in [-0.05, 0) is 48.9 Å². The van der Waals surface area contributed by atoms with Crippen molar-refractivity contribution in [3.63, 3.8) is 0 Å². The summed E-state index contributed by atoms with van der Waals surface area (Å²) in [4.78, 5) is 32.8. The minimum Gasteiger partial charge on any atom is -0.399 e. The Morgan fingerprint density at radius 1 is 0.808 bits per heavy atom. The number of nitro groups is 1. The maximum Gasteiger partial charge on any atom is 0.270 e. The first kappa shape index (κ1) is 17.8. The molecule has 0 aliphatic heterocycles. The molecule has 0 unspecified atom stereocenters. The van der Waals surface area contributed by atoms with Crippen molar-refractivity contribution in [2.45, 2.75) is 38.5 Å². The number of carbonyl (C=O) groups is 2. The Balaban J connectivity index is 0.000000152. The number of benzene rings is 2. The van der Waals surface area contributed by atoms with E-state index in [0.29, 0.717) is 24.1 Å². The largest absolute Gasteiger partial charge is 0.399 e. The summed E-state index contributed by atoms with van der Waals surface area (Å²) in [5.41, 5.74) is 9.73. The van der Waals surface area contributed by atoms with E-state index in [-0.39, 0.29) is 17.3 Å². The highest BCUT2D eigenvalue weighted by Crippen LogP contribution is 2.25. The van der Waals surface area contributed by atoms with Crippen LogP contribution in [0.4, 0.5) is 11.4 Å². The van der Waals surface area contributed by atoms with Gasteiger partial charge in [-0.1, -0.05) is 12.1 Å². The summed E-state index contributed by atoms with van der Waals surface area (Å²) in [6.45, 7) is 0. The molecule has 2 aliphatic carbocycles. The SMILES string of the molecule is Nc1ccc2c(c1)C(=O)CCC2.O=C1CCCc2ccc([N+](=O)[O-])cc21. The van der Waals surface area contributed by atoms with Crippen molar-refractivity contribution in [2.75, 3.05) is 5.73 Å². The summed E-state index contributed by atoms with van der Waals surface area (Å²) in [5.74, 6) is 0.263. The molecule has 0 atom stereocenters. The highest BCUT2D eigenvalue weighted by Gasteiger charge is 2.20. The quantitative estimate of drug-likeness (QED) is 0.476. The number of fused-ring (bicyclic) bond motifs is 2. The average Bonchev–Trinajstić information content (AvgIpc) is 2.63. The van der Waals surface area contributed by atoms with Gasteiger partial charge in [-0.2, -0.15) is 0 Å². The Kier molecular flexibility index (Phi) is 5.11. The van der Waals surface area contributed by atoms with Crippen molar-refractivity contribution in [1.82, 2.24) is 0 Å². The smallest absolute Gasteiger partial charge is 0.270 e. The van der Waals surface area contributed by atoms with Gasteiger partial charge < -0.3 is 5.73 Å².